The molecule has 0 spiro atoms. The maximum Gasteiger partial charge on any atom is 1.00 e. The van der Waals surface area contributed by atoms with Crippen LogP contribution in [0.2, 0.25) is 0 Å². The van der Waals surface area contributed by atoms with Crippen molar-refractivity contribution < 1.29 is 52.4 Å². The predicted octanol–water partition coefficient (Wildman–Crippen LogP) is -1.01. The molecule has 2 unspecified atom stereocenters. The third-order valence-electron chi connectivity index (χ3n) is 2.95. The SMILES string of the molecule is CCCCC(CC)CC(CC(=O)O)S(=O)(=O)[O-].[Na+]. The van der Waals surface area contributed by atoms with Crippen LogP contribution in [-0.2, 0) is 14.9 Å². The average Bonchev–Trinajstić information content (AvgIpc) is 2.20. The van der Waals surface area contributed by atoms with E-state index in [0.29, 0.717) is 0 Å². The van der Waals surface area contributed by atoms with Gasteiger partial charge in [0, 0.05) is 0 Å². The molecule has 0 saturated heterocycles. The van der Waals surface area contributed by atoms with Crippen molar-refractivity contribution in [1.29, 1.82) is 0 Å². The molecule has 7 heteroatoms. The van der Waals surface area contributed by atoms with Crippen LogP contribution in [0.5, 0.6) is 0 Å². The smallest absolute Gasteiger partial charge is 0.748 e. The van der Waals surface area contributed by atoms with Gasteiger partial charge in [-0.3, -0.25) is 4.79 Å². The summed E-state index contributed by atoms with van der Waals surface area (Å²) in [6.45, 7) is 3.96. The summed E-state index contributed by atoms with van der Waals surface area (Å²) in [5, 5.41) is 7.32. The van der Waals surface area contributed by atoms with Gasteiger partial charge in [-0.05, 0) is 12.3 Å². The molecule has 0 aliphatic carbocycles. The quantitative estimate of drug-likeness (QED) is 0.433. The zero-order valence-corrected chi connectivity index (χ0v) is 14.2. The first-order valence-corrected chi connectivity index (χ1v) is 7.44. The Morgan fingerprint density at radius 2 is 1.89 bits per heavy atom. The molecule has 0 heterocycles. The van der Waals surface area contributed by atoms with Crippen LogP contribution in [0.4, 0.5) is 0 Å². The molecule has 0 aliphatic rings. The third kappa shape index (κ3) is 9.33. The molecule has 2 atom stereocenters. The maximum atomic E-state index is 11.0. The summed E-state index contributed by atoms with van der Waals surface area (Å²) in [6.07, 6.45) is 3.16. The Hall–Kier alpha value is 0.380. The first-order chi connectivity index (χ1) is 7.81. The van der Waals surface area contributed by atoms with E-state index < -0.39 is 27.8 Å². The van der Waals surface area contributed by atoms with Crippen LogP contribution >= 0.6 is 0 Å². The van der Waals surface area contributed by atoms with E-state index in [-0.39, 0.29) is 41.9 Å². The van der Waals surface area contributed by atoms with E-state index in [0.717, 1.165) is 25.7 Å². The topological polar surface area (TPSA) is 94.5 Å². The van der Waals surface area contributed by atoms with E-state index in [1.54, 1.807) is 0 Å². The summed E-state index contributed by atoms with van der Waals surface area (Å²) in [5.74, 6) is -1.12. The van der Waals surface area contributed by atoms with E-state index in [4.69, 9.17) is 5.11 Å². The van der Waals surface area contributed by atoms with Crippen LogP contribution in [0.1, 0.15) is 52.4 Å². The number of aliphatic carboxylic acids is 1. The van der Waals surface area contributed by atoms with Crippen molar-refractivity contribution in [2.24, 2.45) is 5.92 Å². The van der Waals surface area contributed by atoms with Crippen LogP contribution in [0.15, 0.2) is 0 Å². The first-order valence-electron chi connectivity index (χ1n) is 5.97. The molecular weight excluding hydrogens is 267 g/mol. The minimum absolute atomic E-state index is 0. The first kappa shape index (κ1) is 20.7. The Kier molecular flexibility index (Phi) is 11.7. The van der Waals surface area contributed by atoms with Crippen molar-refractivity contribution in [3.05, 3.63) is 0 Å². The molecule has 0 aromatic heterocycles. The van der Waals surface area contributed by atoms with E-state index in [9.17, 15) is 17.8 Å². The van der Waals surface area contributed by atoms with Crippen molar-refractivity contribution in [1.82, 2.24) is 0 Å². The second kappa shape index (κ2) is 10.2. The largest absolute Gasteiger partial charge is 1.00 e. The minimum Gasteiger partial charge on any atom is -0.748 e. The minimum atomic E-state index is -4.52. The molecule has 102 valence electrons. The normalized spacial score (nSPS) is 14.6. The van der Waals surface area contributed by atoms with Crippen LogP contribution in [0.3, 0.4) is 0 Å². The monoisotopic (exact) mass is 288 g/mol. The molecule has 0 saturated carbocycles. The van der Waals surface area contributed by atoms with Gasteiger partial charge in [-0.15, -0.1) is 0 Å². The Bertz CT molecular complexity index is 328. The van der Waals surface area contributed by atoms with Gasteiger partial charge in [0.05, 0.1) is 21.8 Å². The molecule has 0 aromatic rings. The van der Waals surface area contributed by atoms with Crippen molar-refractivity contribution in [2.75, 3.05) is 0 Å². The molecular formula is C11H21NaO5S. The van der Waals surface area contributed by atoms with Crippen molar-refractivity contribution in [3.63, 3.8) is 0 Å². The van der Waals surface area contributed by atoms with Crippen LogP contribution < -0.4 is 29.6 Å². The van der Waals surface area contributed by atoms with Gasteiger partial charge in [0.15, 0.2) is 0 Å². The van der Waals surface area contributed by atoms with Crippen molar-refractivity contribution in [3.8, 4) is 0 Å². The fourth-order valence-electron chi connectivity index (χ4n) is 1.85. The Morgan fingerprint density at radius 3 is 2.22 bits per heavy atom. The van der Waals surface area contributed by atoms with Crippen LogP contribution in [0, 0.1) is 5.92 Å². The summed E-state index contributed by atoms with van der Waals surface area (Å²) in [4.78, 5) is 10.5. The number of carboxylic acids is 1. The molecule has 0 radical (unpaired) electrons. The molecule has 0 fully saturated rings. The Morgan fingerprint density at radius 1 is 1.33 bits per heavy atom. The fraction of sp³-hybridized carbons (Fsp3) is 0.909. The number of hydrogen-bond donors (Lipinski definition) is 1. The summed E-state index contributed by atoms with van der Waals surface area (Å²) in [6, 6.07) is 0. The molecule has 5 nitrogen and oxygen atoms in total. The number of unbranched alkanes of at least 4 members (excludes halogenated alkanes) is 1. The van der Waals surface area contributed by atoms with Crippen molar-refractivity contribution in [2.45, 2.75) is 57.6 Å². The summed E-state index contributed by atoms with van der Waals surface area (Å²) >= 11 is 0. The van der Waals surface area contributed by atoms with Gasteiger partial charge < -0.3 is 9.66 Å². The standard InChI is InChI=1S/C11H22O5S.Na/c1-3-5-6-9(4-2)7-10(8-11(12)13)17(14,15)16;/h9-10H,3-8H2,1-2H3,(H,12,13)(H,14,15,16);/q;+1/p-1. The summed E-state index contributed by atoms with van der Waals surface area (Å²) < 4.78 is 32.9. The Balaban J connectivity index is 0. The van der Waals surface area contributed by atoms with E-state index >= 15 is 0 Å². The number of rotatable bonds is 9. The fourth-order valence-corrected chi connectivity index (χ4v) is 2.71. The van der Waals surface area contributed by atoms with Crippen LogP contribution in [-0.4, -0.2) is 29.3 Å². The van der Waals surface area contributed by atoms with Gasteiger partial charge in [-0.1, -0.05) is 39.5 Å². The molecule has 18 heavy (non-hydrogen) atoms. The van der Waals surface area contributed by atoms with Gasteiger partial charge in [0.25, 0.3) is 0 Å². The predicted molar refractivity (Wildman–Crippen MR) is 63.7 cm³/mol. The Labute approximate surface area is 131 Å². The molecule has 0 rings (SSSR count). The number of carbonyl (C=O) groups is 1. The maximum absolute atomic E-state index is 11.0. The van der Waals surface area contributed by atoms with Gasteiger partial charge in [-0.25, -0.2) is 8.42 Å². The number of carboxylic acid groups (broad SMARTS) is 1. The van der Waals surface area contributed by atoms with Gasteiger partial charge in [0.1, 0.15) is 0 Å². The van der Waals surface area contributed by atoms with Crippen LogP contribution in [0.25, 0.3) is 0 Å². The molecule has 1 N–H and O–H groups in total. The van der Waals surface area contributed by atoms with E-state index in [1.807, 2.05) is 13.8 Å². The molecule has 0 aromatic carbocycles. The third-order valence-corrected chi connectivity index (χ3v) is 4.13. The summed E-state index contributed by atoms with van der Waals surface area (Å²) in [7, 11) is -4.52. The second-order valence-electron chi connectivity index (χ2n) is 4.36. The summed E-state index contributed by atoms with van der Waals surface area (Å²) in [5.41, 5.74) is 0. The number of hydrogen-bond acceptors (Lipinski definition) is 4. The second-order valence-corrected chi connectivity index (χ2v) is 6.02. The van der Waals surface area contributed by atoms with Crippen molar-refractivity contribution >= 4 is 16.1 Å². The van der Waals surface area contributed by atoms with Gasteiger partial charge >= 0.3 is 35.5 Å². The average molecular weight is 288 g/mol. The van der Waals surface area contributed by atoms with E-state index in [1.165, 1.54) is 0 Å². The molecule has 0 aliphatic heterocycles. The van der Waals surface area contributed by atoms with Gasteiger partial charge in [-0.2, -0.15) is 0 Å². The van der Waals surface area contributed by atoms with E-state index in [2.05, 4.69) is 0 Å². The molecule has 0 amide bonds. The zero-order valence-electron chi connectivity index (χ0n) is 11.4. The molecule has 0 bridgehead atoms. The zero-order chi connectivity index (χ0) is 13.5. The van der Waals surface area contributed by atoms with Gasteiger partial charge in [0.2, 0.25) is 0 Å².